The highest BCUT2D eigenvalue weighted by Crippen LogP contribution is 2.17. The van der Waals surface area contributed by atoms with E-state index in [1.807, 2.05) is 0 Å². The zero-order chi connectivity index (χ0) is 17.7. The summed E-state index contributed by atoms with van der Waals surface area (Å²) in [6, 6.07) is 10.5. The van der Waals surface area contributed by atoms with Crippen molar-refractivity contribution in [1.82, 2.24) is 0 Å². The van der Waals surface area contributed by atoms with Crippen molar-refractivity contribution in [2.45, 2.75) is 0 Å². The number of para-hydroxylation sites is 1. The molecule has 0 unspecified atom stereocenters. The smallest absolute Gasteiger partial charge is 0.337 e. The van der Waals surface area contributed by atoms with Crippen LogP contribution in [0.2, 0.25) is 0 Å². The van der Waals surface area contributed by atoms with Gasteiger partial charge in [-0.3, -0.25) is 19.7 Å². The number of carboxylic acids is 1. The Morgan fingerprint density at radius 1 is 0.917 bits per heavy atom. The predicted octanol–water partition coefficient (Wildman–Crippen LogP) is 1.87. The maximum absolute atomic E-state index is 11.8. The number of aromatic carboxylic acids is 1. The first-order valence-corrected chi connectivity index (χ1v) is 6.57. The van der Waals surface area contributed by atoms with E-state index in [-0.39, 0.29) is 22.6 Å². The molecule has 9 nitrogen and oxygen atoms in total. The molecule has 2 rings (SSSR count). The number of nitro benzene ring substituents is 1. The average molecular weight is 329 g/mol. The van der Waals surface area contributed by atoms with Crippen molar-refractivity contribution in [1.29, 1.82) is 0 Å². The van der Waals surface area contributed by atoms with Gasteiger partial charge in [0, 0.05) is 17.8 Å². The van der Waals surface area contributed by atoms with Crippen LogP contribution in [0.25, 0.3) is 0 Å². The molecule has 0 saturated carbocycles. The molecule has 122 valence electrons. The zero-order valence-electron chi connectivity index (χ0n) is 12.1. The topological polar surface area (TPSA) is 139 Å². The number of amides is 2. The van der Waals surface area contributed by atoms with E-state index >= 15 is 0 Å². The summed E-state index contributed by atoms with van der Waals surface area (Å²) in [6.07, 6.45) is 0. The molecule has 0 aromatic heterocycles. The lowest BCUT2D eigenvalue weighted by atomic mass is 10.2. The fraction of sp³-hybridized carbons (Fsp3) is 0. The molecule has 2 aromatic rings. The number of rotatable bonds is 4. The Morgan fingerprint density at radius 2 is 1.50 bits per heavy atom. The summed E-state index contributed by atoms with van der Waals surface area (Å²) in [7, 11) is 0. The van der Waals surface area contributed by atoms with Crippen LogP contribution in [0.15, 0.2) is 48.5 Å². The second-order valence-electron chi connectivity index (χ2n) is 4.56. The zero-order valence-corrected chi connectivity index (χ0v) is 12.1. The minimum absolute atomic E-state index is 0.0196. The van der Waals surface area contributed by atoms with Crippen molar-refractivity contribution in [3.05, 3.63) is 64.2 Å². The first-order valence-electron chi connectivity index (χ1n) is 6.57. The van der Waals surface area contributed by atoms with Crippen LogP contribution in [0.4, 0.5) is 17.1 Å². The van der Waals surface area contributed by atoms with Crippen LogP contribution in [-0.4, -0.2) is 27.8 Å². The summed E-state index contributed by atoms with van der Waals surface area (Å²) in [6.45, 7) is 0. The van der Waals surface area contributed by atoms with E-state index in [0.29, 0.717) is 0 Å². The van der Waals surface area contributed by atoms with Gasteiger partial charge in [0.2, 0.25) is 0 Å². The van der Waals surface area contributed by atoms with Gasteiger partial charge in [-0.25, -0.2) is 4.79 Å². The number of hydrogen-bond donors (Lipinski definition) is 3. The van der Waals surface area contributed by atoms with Crippen molar-refractivity contribution in [2.24, 2.45) is 0 Å². The SMILES string of the molecule is O=C(Nc1ccc([N+](=O)[O-])cc1)C(=O)Nc1ccccc1C(=O)O. The van der Waals surface area contributed by atoms with Crippen LogP contribution in [0.1, 0.15) is 10.4 Å². The van der Waals surface area contributed by atoms with E-state index in [0.717, 1.165) is 0 Å². The molecular weight excluding hydrogens is 318 g/mol. The Hall–Kier alpha value is -3.75. The number of benzene rings is 2. The fourth-order valence-corrected chi connectivity index (χ4v) is 1.81. The number of nitrogens with zero attached hydrogens (tertiary/aromatic N) is 1. The van der Waals surface area contributed by atoms with Gasteiger partial charge in [-0.05, 0) is 24.3 Å². The molecule has 0 radical (unpaired) electrons. The van der Waals surface area contributed by atoms with E-state index in [4.69, 9.17) is 5.11 Å². The number of nitro groups is 1. The maximum atomic E-state index is 11.8. The van der Waals surface area contributed by atoms with Crippen molar-refractivity contribution in [3.63, 3.8) is 0 Å². The van der Waals surface area contributed by atoms with E-state index in [9.17, 15) is 24.5 Å². The molecular formula is C15H11N3O6. The van der Waals surface area contributed by atoms with Gasteiger partial charge in [0.15, 0.2) is 0 Å². The van der Waals surface area contributed by atoms with Crippen molar-refractivity contribution in [2.75, 3.05) is 10.6 Å². The van der Waals surface area contributed by atoms with Crippen LogP contribution >= 0.6 is 0 Å². The lowest BCUT2D eigenvalue weighted by Gasteiger charge is -2.08. The molecule has 0 spiro atoms. The molecule has 0 atom stereocenters. The van der Waals surface area contributed by atoms with E-state index in [1.165, 1.54) is 48.5 Å². The summed E-state index contributed by atoms with van der Waals surface area (Å²) in [5, 5.41) is 24.0. The third-order valence-corrected chi connectivity index (χ3v) is 2.95. The summed E-state index contributed by atoms with van der Waals surface area (Å²) in [5.41, 5.74) is -0.150. The molecule has 0 heterocycles. The highest BCUT2D eigenvalue weighted by atomic mass is 16.6. The average Bonchev–Trinajstić information content (AvgIpc) is 2.55. The van der Waals surface area contributed by atoms with Crippen LogP contribution in [0.5, 0.6) is 0 Å². The third-order valence-electron chi connectivity index (χ3n) is 2.95. The quantitative estimate of drug-likeness (QED) is 0.444. The van der Waals surface area contributed by atoms with Crippen molar-refractivity contribution < 1.29 is 24.4 Å². The van der Waals surface area contributed by atoms with Crippen LogP contribution in [-0.2, 0) is 9.59 Å². The number of nitrogens with one attached hydrogen (secondary N) is 2. The molecule has 2 aromatic carbocycles. The summed E-state index contributed by atoms with van der Waals surface area (Å²) in [4.78, 5) is 44.6. The van der Waals surface area contributed by atoms with Crippen molar-refractivity contribution >= 4 is 34.8 Å². The number of non-ortho nitro benzene ring substituents is 1. The minimum atomic E-state index is -1.25. The van der Waals surface area contributed by atoms with E-state index in [2.05, 4.69) is 10.6 Å². The van der Waals surface area contributed by atoms with Crippen LogP contribution in [0.3, 0.4) is 0 Å². The monoisotopic (exact) mass is 329 g/mol. The number of carboxylic acid groups (broad SMARTS) is 1. The Balaban J connectivity index is 2.06. The number of anilines is 2. The highest BCUT2D eigenvalue weighted by Gasteiger charge is 2.18. The molecule has 3 N–H and O–H groups in total. The second-order valence-corrected chi connectivity index (χ2v) is 4.56. The van der Waals surface area contributed by atoms with Gasteiger partial charge in [0.1, 0.15) is 0 Å². The molecule has 2 amide bonds. The molecule has 0 aliphatic heterocycles. The van der Waals surface area contributed by atoms with Gasteiger partial charge in [0.25, 0.3) is 5.69 Å². The molecule has 24 heavy (non-hydrogen) atoms. The first-order chi connectivity index (χ1) is 11.4. The molecule has 0 bridgehead atoms. The Kier molecular flexibility index (Phi) is 4.85. The van der Waals surface area contributed by atoms with Gasteiger partial charge >= 0.3 is 17.8 Å². The summed E-state index contributed by atoms with van der Waals surface area (Å²) in [5.74, 6) is -3.35. The predicted molar refractivity (Wildman–Crippen MR) is 83.8 cm³/mol. The van der Waals surface area contributed by atoms with Crippen LogP contribution < -0.4 is 10.6 Å². The number of hydrogen-bond acceptors (Lipinski definition) is 5. The lowest BCUT2D eigenvalue weighted by molar-refractivity contribution is -0.384. The van der Waals surface area contributed by atoms with E-state index < -0.39 is 22.7 Å². The third kappa shape index (κ3) is 3.91. The molecule has 0 aliphatic carbocycles. The van der Waals surface area contributed by atoms with Crippen molar-refractivity contribution in [3.8, 4) is 0 Å². The largest absolute Gasteiger partial charge is 0.478 e. The van der Waals surface area contributed by atoms with Gasteiger partial charge in [-0.15, -0.1) is 0 Å². The summed E-state index contributed by atoms with van der Waals surface area (Å²) >= 11 is 0. The summed E-state index contributed by atoms with van der Waals surface area (Å²) < 4.78 is 0. The minimum Gasteiger partial charge on any atom is -0.478 e. The van der Waals surface area contributed by atoms with Crippen LogP contribution in [0, 0.1) is 10.1 Å². The Bertz CT molecular complexity index is 816. The first kappa shape index (κ1) is 16.6. The molecule has 0 saturated heterocycles. The Labute approximate surface area is 135 Å². The highest BCUT2D eigenvalue weighted by molar-refractivity contribution is 6.43. The lowest BCUT2D eigenvalue weighted by Crippen LogP contribution is -2.29. The Morgan fingerprint density at radius 3 is 2.08 bits per heavy atom. The second kappa shape index (κ2) is 7.01. The van der Waals surface area contributed by atoms with E-state index in [1.54, 1.807) is 0 Å². The van der Waals surface area contributed by atoms with Gasteiger partial charge in [-0.1, -0.05) is 12.1 Å². The van der Waals surface area contributed by atoms with Gasteiger partial charge in [0.05, 0.1) is 16.2 Å². The standard InChI is InChI=1S/C15H11N3O6/c19-13(16-9-5-7-10(8-6-9)18(23)24)14(20)17-12-4-2-1-3-11(12)15(21)22/h1-8H,(H,16,19)(H,17,20)(H,21,22). The normalized spacial score (nSPS) is 9.83. The number of carbonyl (C=O) groups is 3. The molecule has 0 aliphatic rings. The molecule has 0 fully saturated rings. The molecule has 9 heteroatoms. The maximum Gasteiger partial charge on any atom is 0.337 e. The fourth-order valence-electron chi connectivity index (χ4n) is 1.81. The van der Waals surface area contributed by atoms with Gasteiger partial charge < -0.3 is 15.7 Å². The number of carbonyl (C=O) groups excluding carboxylic acids is 2. The van der Waals surface area contributed by atoms with Gasteiger partial charge in [-0.2, -0.15) is 0 Å².